The van der Waals surface area contributed by atoms with Crippen molar-refractivity contribution in [2.45, 2.75) is 45.6 Å². The third-order valence-corrected chi connectivity index (χ3v) is 3.83. The Morgan fingerprint density at radius 3 is 2.85 bits per heavy atom. The van der Waals surface area contributed by atoms with Crippen LogP contribution in [0.4, 0.5) is 0 Å². The van der Waals surface area contributed by atoms with Gasteiger partial charge < -0.3 is 9.47 Å². The molecular formula is C17H24O3. The molecule has 2 unspecified atom stereocenters. The van der Waals surface area contributed by atoms with Crippen LogP contribution in [0.2, 0.25) is 0 Å². The lowest BCUT2D eigenvalue weighted by molar-refractivity contribution is 0.0181. The summed E-state index contributed by atoms with van der Waals surface area (Å²) in [6, 6.07) is 7.38. The average Bonchev–Trinajstić information content (AvgIpc) is 2.46. The lowest BCUT2D eigenvalue weighted by atomic mass is 9.89. The molecule has 0 spiro atoms. The maximum Gasteiger partial charge on any atom is 0.192 e. The summed E-state index contributed by atoms with van der Waals surface area (Å²) in [6.07, 6.45) is 4.86. The van der Waals surface area contributed by atoms with Gasteiger partial charge in [0.25, 0.3) is 0 Å². The zero-order valence-electron chi connectivity index (χ0n) is 12.4. The zero-order chi connectivity index (χ0) is 14.4. The fourth-order valence-corrected chi connectivity index (χ4v) is 2.78. The lowest BCUT2D eigenvalue weighted by Crippen LogP contribution is -2.24. The molecule has 1 aliphatic rings. The van der Waals surface area contributed by atoms with Crippen LogP contribution in [0, 0.1) is 5.92 Å². The number of carbonyl (C=O) groups is 1. The zero-order valence-corrected chi connectivity index (χ0v) is 12.4. The van der Waals surface area contributed by atoms with Gasteiger partial charge in [-0.05, 0) is 37.8 Å². The number of hydrogen-bond donors (Lipinski definition) is 0. The van der Waals surface area contributed by atoms with Crippen molar-refractivity contribution in [2.75, 3.05) is 13.2 Å². The minimum Gasteiger partial charge on any atom is -0.493 e. The largest absolute Gasteiger partial charge is 0.493 e. The maximum atomic E-state index is 12.3. The first-order valence-corrected chi connectivity index (χ1v) is 7.57. The summed E-state index contributed by atoms with van der Waals surface area (Å²) >= 11 is 0. The van der Waals surface area contributed by atoms with E-state index in [0.717, 1.165) is 12.8 Å². The molecule has 1 aromatic rings. The Morgan fingerprint density at radius 2 is 2.10 bits per heavy atom. The number of carbonyl (C=O) groups excluding carboxylic acids is 1. The van der Waals surface area contributed by atoms with E-state index >= 15 is 0 Å². The molecule has 0 aliphatic heterocycles. The van der Waals surface area contributed by atoms with Crippen molar-refractivity contribution in [3.8, 4) is 5.75 Å². The molecule has 0 bridgehead atoms. The molecule has 1 aliphatic carbocycles. The second-order valence-electron chi connectivity index (χ2n) is 5.56. The van der Waals surface area contributed by atoms with Crippen molar-refractivity contribution in [1.29, 1.82) is 0 Å². The first kappa shape index (κ1) is 15.0. The van der Waals surface area contributed by atoms with Crippen LogP contribution < -0.4 is 4.74 Å². The Labute approximate surface area is 121 Å². The third-order valence-electron chi connectivity index (χ3n) is 3.83. The highest BCUT2D eigenvalue weighted by molar-refractivity contribution is 5.99. The van der Waals surface area contributed by atoms with E-state index in [1.807, 2.05) is 25.1 Å². The monoisotopic (exact) mass is 276 g/mol. The van der Waals surface area contributed by atoms with Crippen LogP contribution in [-0.2, 0) is 4.74 Å². The van der Waals surface area contributed by atoms with Crippen LogP contribution in [0.3, 0.4) is 0 Å². The maximum absolute atomic E-state index is 12.3. The SMILES string of the molecule is CCOc1ccccc1C(=O)COC1CCCC(C)C1. The van der Waals surface area contributed by atoms with Crippen molar-refractivity contribution in [3.05, 3.63) is 29.8 Å². The molecule has 3 nitrogen and oxygen atoms in total. The summed E-state index contributed by atoms with van der Waals surface area (Å²) in [5.74, 6) is 1.37. The van der Waals surface area contributed by atoms with Crippen LogP contribution in [0.5, 0.6) is 5.75 Å². The molecule has 1 saturated carbocycles. The Balaban J connectivity index is 1.91. The van der Waals surface area contributed by atoms with Gasteiger partial charge in [-0.3, -0.25) is 4.79 Å². The Hall–Kier alpha value is -1.35. The fourth-order valence-electron chi connectivity index (χ4n) is 2.78. The topological polar surface area (TPSA) is 35.5 Å². The molecule has 3 heteroatoms. The van der Waals surface area contributed by atoms with E-state index in [1.54, 1.807) is 6.07 Å². The van der Waals surface area contributed by atoms with Crippen molar-refractivity contribution in [1.82, 2.24) is 0 Å². The Morgan fingerprint density at radius 1 is 1.30 bits per heavy atom. The molecule has 0 amide bonds. The smallest absolute Gasteiger partial charge is 0.192 e. The predicted octanol–water partition coefficient (Wildman–Crippen LogP) is 3.86. The van der Waals surface area contributed by atoms with Gasteiger partial charge in [0.2, 0.25) is 0 Å². The minimum atomic E-state index is 0.00674. The van der Waals surface area contributed by atoms with Crippen LogP contribution >= 0.6 is 0 Å². The van der Waals surface area contributed by atoms with Gasteiger partial charge in [0, 0.05) is 0 Å². The molecule has 0 aromatic heterocycles. The van der Waals surface area contributed by atoms with E-state index in [0.29, 0.717) is 23.8 Å². The van der Waals surface area contributed by atoms with Gasteiger partial charge >= 0.3 is 0 Å². The van der Waals surface area contributed by atoms with Crippen LogP contribution in [0.1, 0.15) is 49.9 Å². The van der Waals surface area contributed by atoms with Crippen LogP contribution in [0.15, 0.2) is 24.3 Å². The molecule has 0 heterocycles. The normalized spacial score (nSPS) is 22.5. The number of ketones is 1. The number of benzene rings is 1. The van der Waals surface area contributed by atoms with Crippen molar-refractivity contribution >= 4 is 5.78 Å². The fraction of sp³-hybridized carbons (Fsp3) is 0.588. The van der Waals surface area contributed by atoms with E-state index in [9.17, 15) is 4.79 Å². The second kappa shape index (κ2) is 7.44. The quantitative estimate of drug-likeness (QED) is 0.740. The first-order chi connectivity index (χ1) is 9.70. The number of ether oxygens (including phenoxy) is 2. The van der Waals surface area contributed by atoms with Gasteiger partial charge in [0.05, 0.1) is 18.3 Å². The van der Waals surface area contributed by atoms with E-state index in [1.165, 1.54) is 12.8 Å². The van der Waals surface area contributed by atoms with Gasteiger partial charge in [-0.2, -0.15) is 0 Å². The molecule has 1 aromatic carbocycles. The van der Waals surface area contributed by atoms with Crippen LogP contribution in [0.25, 0.3) is 0 Å². The van der Waals surface area contributed by atoms with Crippen molar-refractivity contribution in [2.24, 2.45) is 5.92 Å². The van der Waals surface area contributed by atoms with E-state index < -0.39 is 0 Å². The van der Waals surface area contributed by atoms with Crippen LogP contribution in [-0.4, -0.2) is 25.1 Å². The highest BCUT2D eigenvalue weighted by Gasteiger charge is 2.21. The second-order valence-corrected chi connectivity index (χ2v) is 5.56. The summed E-state index contributed by atoms with van der Waals surface area (Å²) in [4.78, 5) is 12.3. The molecule has 20 heavy (non-hydrogen) atoms. The molecule has 110 valence electrons. The van der Waals surface area contributed by atoms with Gasteiger partial charge in [-0.15, -0.1) is 0 Å². The molecular weight excluding hydrogens is 252 g/mol. The molecule has 1 fully saturated rings. The third kappa shape index (κ3) is 4.07. The van der Waals surface area contributed by atoms with E-state index in [2.05, 4.69) is 6.92 Å². The first-order valence-electron chi connectivity index (χ1n) is 7.57. The highest BCUT2D eigenvalue weighted by Crippen LogP contribution is 2.26. The molecule has 2 rings (SSSR count). The van der Waals surface area contributed by atoms with Gasteiger partial charge in [-0.1, -0.05) is 31.9 Å². The van der Waals surface area contributed by atoms with Gasteiger partial charge in [0.1, 0.15) is 12.4 Å². The minimum absolute atomic E-state index is 0.00674. The van der Waals surface area contributed by atoms with Gasteiger partial charge in [0.15, 0.2) is 5.78 Å². The Bertz CT molecular complexity index is 442. The number of rotatable bonds is 6. The van der Waals surface area contributed by atoms with Crippen molar-refractivity contribution < 1.29 is 14.3 Å². The summed E-state index contributed by atoms with van der Waals surface area (Å²) < 4.78 is 11.3. The molecule has 0 saturated heterocycles. The number of para-hydroxylation sites is 1. The molecule has 0 N–H and O–H groups in total. The summed E-state index contributed by atoms with van der Waals surface area (Å²) in [6.45, 7) is 4.88. The molecule has 2 atom stereocenters. The van der Waals surface area contributed by atoms with Gasteiger partial charge in [-0.25, -0.2) is 0 Å². The summed E-state index contributed by atoms with van der Waals surface area (Å²) in [5, 5.41) is 0. The summed E-state index contributed by atoms with van der Waals surface area (Å²) in [7, 11) is 0. The Kier molecular flexibility index (Phi) is 5.60. The lowest BCUT2D eigenvalue weighted by Gasteiger charge is -2.26. The van der Waals surface area contributed by atoms with E-state index in [4.69, 9.17) is 9.47 Å². The molecule has 0 radical (unpaired) electrons. The summed E-state index contributed by atoms with van der Waals surface area (Å²) in [5.41, 5.74) is 0.623. The standard InChI is InChI=1S/C17H24O3/c1-3-19-17-10-5-4-9-15(17)16(18)12-20-14-8-6-7-13(2)11-14/h4-5,9-10,13-14H,3,6-8,11-12H2,1-2H3. The van der Waals surface area contributed by atoms with E-state index in [-0.39, 0.29) is 18.5 Å². The van der Waals surface area contributed by atoms with Crippen molar-refractivity contribution in [3.63, 3.8) is 0 Å². The average molecular weight is 276 g/mol. The number of hydrogen-bond acceptors (Lipinski definition) is 3. The predicted molar refractivity (Wildman–Crippen MR) is 79.3 cm³/mol. The number of Topliss-reactive ketones (excluding diaryl/α,β-unsaturated/α-hetero) is 1. The highest BCUT2D eigenvalue weighted by atomic mass is 16.5.